The third-order valence-corrected chi connectivity index (χ3v) is 6.04. The summed E-state index contributed by atoms with van der Waals surface area (Å²) in [7, 11) is 0. The molecule has 2 fully saturated rings. The van der Waals surface area contributed by atoms with Crippen LogP contribution in [0.15, 0.2) is 0 Å². The van der Waals surface area contributed by atoms with Gasteiger partial charge in [-0.1, -0.05) is 0 Å². The van der Waals surface area contributed by atoms with E-state index in [9.17, 15) is 24.0 Å². The molecule has 2 rings (SSSR count). The number of carbonyl (C=O) groups excluding carboxylic acids is 5. The van der Waals surface area contributed by atoms with Crippen molar-refractivity contribution in [2.45, 2.75) is 123 Å². The van der Waals surface area contributed by atoms with Gasteiger partial charge in [0.15, 0.2) is 18.3 Å². The normalized spacial score (nSPS) is 28.3. The Bertz CT molecular complexity index is 926. The fourth-order valence-electron chi connectivity index (χ4n) is 4.68. The van der Waals surface area contributed by atoms with Gasteiger partial charge in [-0.2, -0.15) is 0 Å². The van der Waals surface area contributed by atoms with Gasteiger partial charge in [-0.05, 0) is 47.5 Å². The molecule has 0 bridgehead atoms. The number of ether oxygens (including phenoxy) is 7. The first kappa shape index (κ1) is 32.3. The second-order valence-electron chi connectivity index (χ2n) is 11.1. The molecule has 1 amide bonds. The quantitative estimate of drug-likeness (QED) is 0.317. The van der Waals surface area contributed by atoms with Gasteiger partial charge in [0.2, 0.25) is 0 Å². The Labute approximate surface area is 228 Å². The average molecular weight is 560 g/mol. The van der Waals surface area contributed by atoms with Gasteiger partial charge in [0.05, 0.1) is 18.8 Å². The lowest BCUT2D eigenvalue weighted by molar-refractivity contribution is -0.253. The molecular weight excluding hydrogens is 518 g/mol. The van der Waals surface area contributed by atoms with Crippen molar-refractivity contribution >= 4 is 30.0 Å². The van der Waals surface area contributed by atoms with E-state index < -0.39 is 77.9 Å². The Morgan fingerprint density at radius 1 is 0.795 bits per heavy atom. The van der Waals surface area contributed by atoms with Crippen LogP contribution in [0.2, 0.25) is 0 Å². The van der Waals surface area contributed by atoms with Crippen LogP contribution in [0.25, 0.3) is 0 Å². The molecule has 0 radical (unpaired) electrons. The van der Waals surface area contributed by atoms with E-state index in [0.717, 1.165) is 13.8 Å². The summed E-state index contributed by atoms with van der Waals surface area (Å²) in [5, 5.41) is 0. The highest BCUT2D eigenvalue weighted by molar-refractivity contribution is 5.70. The Morgan fingerprint density at radius 2 is 1.31 bits per heavy atom. The van der Waals surface area contributed by atoms with Gasteiger partial charge in [-0.25, -0.2) is 4.79 Å². The molecule has 0 N–H and O–H groups in total. The summed E-state index contributed by atoms with van der Waals surface area (Å²) in [5.74, 6) is -2.68. The number of rotatable bonds is 8. The first-order chi connectivity index (χ1) is 17.9. The van der Waals surface area contributed by atoms with E-state index >= 15 is 0 Å². The molecule has 0 saturated carbocycles. The fraction of sp³-hybridized carbons (Fsp3) is 0.808. The van der Waals surface area contributed by atoms with Crippen molar-refractivity contribution in [3.05, 3.63) is 0 Å². The van der Waals surface area contributed by atoms with Crippen LogP contribution in [-0.2, 0) is 52.3 Å². The molecule has 2 saturated heterocycles. The number of nitrogens with zero attached hydrogens (tertiary/aromatic N) is 1. The largest absolute Gasteiger partial charge is 0.463 e. The molecule has 0 unspecified atom stereocenters. The predicted molar refractivity (Wildman–Crippen MR) is 133 cm³/mol. The maximum Gasteiger partial charge on any atom is 0.412 e. The molecule has 0 aromatic carbocycles. The highest BCUT2D eigenvalue weighted by Gasteiger charge is 2.53. The zero-order valence-electron chi connectivity index (χ0n) is 24.1. The summed E-state index contributed by atoms with van der Waals surface area (Å²) in [5.41, 5.74) is -1.66. The number of carbonyl (C=O) groups is 5. The third-order valence-electron chi connectivity index (χ3n) is 6.04. The van der Waals surface area contributed by atoms with Crippen LogP contribution in [0, 0.1) is 0 Å². The predicted octanol–water partition coefficient (Wildman–Crippen LogP) is 2.26. The average Bonchev–Trinajstić information content (AvgIpc) is 3.06. The smallest absolute Gasteiger partial charge is 0.412 e. The SMILES string of the molecule is CC(=O)OC[C@H]1O[C@@H](CC[C@H]2COC(C)(C)N2C(=O)OC(C)(C)C)[C@H](OC(C)=O)[C@@H](OC(C)=O)[C@H]1OC(C)=O. The summed E-state index contributed by atoms with van der Waals surface area (Å²) in [4.78, 5) is 62.0. The minimum absolute atomic E-state index is 0.211. The molecule has 2 aliphatic rings. The van der Waals surface area contributed by atoms with Crippen molar-refractivity contribution in [2.24, 2.45) is 0 Å². The van der Waals surface area contributed by atoms with Gasteiger partial charge in [0.1, 0.15) is 24.0 Å². The van der Waals surface area contributed by atoms with E-state index in [1.165, 1.54) is 18.7 Å². The van der Waals surface area contributed by atoms with E-state index in [-0.39, 0.29) is 19.6 Å². The molecule has 39 heavy (non-hydrogen) atoms. The Balaban J connectivity index is 2.37. The third kappa shape index (κ3) is 9.34. The second kappa shape index (κ2) is 12.9. The summed E-state index contributed by atoms with van der Waals surface area (Å²) < 4.78 is 39.1. The zero-order chi connectivity index (χ0) is 29.7. The van der Waals surface area contributed by atoms with Crippen LogP contribution >= 0.6 is 0 Å². The van der Waals surface area contributed by atoms with Crippen molar-refractivity contribution in [2.75, 3.05) is 13.2 Å². The molecule has 0 aliphatic carbocycles. The molecule has 0 aromatic rings. The molecule has 13 heteroatoms. The maximum atomic E-state index is 13.0. The molecular formula is C26H41NO12. The molecule has 222 valence electrons. The van der Waals surface area contributed by atoms with Gasteiger partial charge in [0.25, 0.3) is 0 Å². The minimum Gasteiger partial charge on any atom is -0.463 e. The topological polar surface area (TPSA) is 153 Å². The Kier molecular flexibility index (Phi) is 10.7. The molecule has 0 aromatic heterocycles. The van der Waals surface area contributed by atoms with Crippen molar-refractivity contribution in [1.82, 2.24) is 4.90 Å². The van der Waals surface area contributed by atoms with Crippen LogP contribution in [0.1, 0.15) is 75.2 Å². The van der Waals surface area contributed by atoms with Crippen molar-refractivity contribution in [3.8, 4) is 0 Å². The summed E-state index contributed by atoms with van der Waals surface area (Å²) >= 11 is 0. The Morgan fingerprint density at radius 3 is 1.79 bits per heavy atom. The van der Waals surface area contributed by atoms with Crippen LogP contribution in [0.4, 0.5) is 4.79 Å². The highest BCUT2D eigenvalue weighted by Crippen LogP contribution is 2.35. The number of hydrogen-bond donors (Lipinski definition) is 0. The van der Waals surface area contributed by atoms with Gasteiger partial charge >= 0.3 is 30.0 Å². The van der Waals surface area contributed by atoms with Crippen LogP contribution in [0.3, 0.4) is 0 Å². The molecule has 2 aliphatic heterocycles. The van der Waals surface area contributed by atoms with Gasteiger partial charge in [0, 0.05) is 27.7 Å². The lowest BCUT2D eigenvalue weighted by atomic mass is 9.91. The molecule has 2 heterocycles. The number of hydrogen-bond acceptors (Lipinski definition) is 12. The van der Waals surface area contributed by atoms with Gasteiger partial charge < -0.3 is 33.2 Å². The van der Waals surface area contributed by atoms with Crippen LogP contribution in [-0.4, -0.2) is 96.0 Å². The molecule has 13 nitrogen and oxygen atoms in total. The zero-order valence-corrected chi connectivity index (χ0v) is 24.1. The lowest BCUT2D eigenvalue weighted by Crippen LogP contribution is -2.62. The highest BCUT2D eigenvalue weighted by atomic mass is 16.7. The van der Waals surface area contributed by atoms with Crippen LogP contribution < -0.4 is 0 Å². The minimum atomic E-state index is -1.24. The van der Waals surface area contributed by atoms with E-state index in [2.05, 4.69) is 0 Å². The van der Waals surface area contributed by atoms with E-state index in [1.807, 2.05) is 0 Å². The summed E-state index contributed by atoms with van der Waals surface area (Å²) in [6.07, 6.45) is -5.54. The van der Waals surface area contributed by atoms with Gasteiger partial charge in [-0.15, -0.1) is 0 Å². The first-order valence-electron chi connectivity index (χ1n) is 12.9. The van der Waals surface area contributed by atoms with Crippen LogP contribution in [0.5, 0.6) is 0 Å². The van der Waals surface area contributed by atoms with E-state index in [1.54, 1.807) is 34.6 Å². The fourth-order valence-corrected chi connectivity index (χ4v) is 4.68. The standard InChI is InChI=1S/C26H41NO12/c1-14(28)33-13-20-22(36-16(3)30)23(37-17(4)31)21(35-15(2)29)19(38-20)11-10-18-12-34-26(8,9)27(18)24(32)39-25(5,6)7/h18-23H,10-13H2,1-9H3/t18-,19-,20+,21-,22-,23+/m0/s1. The summed E-state index contributed by atoms with van der Waals surface area (Å²) in [6.45, 7) is 13.4. The van der Waals surface area contributed by atoms with E-state index in [0.29, 0.717) is 6.42 Å². The molecule has 0 spiro atoms. The second-order valence-corrected chi connectivity index (χ2v) is 11.1. The monoisotopic (exact) mass is 559 g/mol. The van der Waals surface area contributed by atoms with Gasteiger partial charge in [-0.3, -0.25) is 24.1 Å². The van der Waals surface area contributed by atoms with E-state index in [4.69, 9.17) is 33.2 Å². The summed E-state index contributed by atoms with van der Waals surface area (Å²) in [6, 6.07) is -0.415. The number of amides is 1. The van der Waals surface area contributed by atoms with Crippen molar-refractivity contribution < 1.29 is 57.1 Å². The molecule has 6 atom stereocenters. The number of esters is 4. The van der Waals surface area contributed by atoms with Crippen molar-refractivity contribution in [1.29, 1.82) is 0 Å². The lowest BCUT2D eigenvalue weighted by Gasteiger charge is -2.45. The maximum absolute atomic E-state index is 13.0. The van der Waals surface area contributed by atoms with Crippen molar-refractivity contribution in [3.63, 3.8) is 0 Å². The first-order valence-corrected chi connectivity index (χ1v) is 12.9. The Hall–Kier alpha value is -2.93.